The molecule has 26 heavy (non-hydrogen) atoms. The molecular formula is C20H22FN5. The SMILES string of the molecule is CC1CN(C)CCN1c1n[nH]c(-c2ccc(F)cc2)c1-c1ccncc1. The predicted octanol–water partition coefficient (Wildman–Crippen LogP) is 3.42. The van der Waals surface area contributed by atoms with Crippen LogP contribution in [0.2, 0.25) is 0 Å². The van der Waals surface area contributed by atoms with Gasteiger partial charge >= 0.3 is 0 Å². The van der Waals surface area contributed by atoms with Gasteiger partial charge in [0.15, 0.2) is 5.82 Å². The maximum Gasteiger partial charge on any atom is 0.159 e. The number of hydrogen-bond acceptors (Lipinski definition) is 4. The average molecular weight is 351 g/mol. The number of benzene rings is 1. The van der Waals surface area contributed by atoms with Crippen molar-refractivity contribution in [2.45, 2.75) is 13.0 Å². The minimum atomic E-state index is -0.244. The van der Waals surface area contributed by atoms with Crippen LogP contribution in [0.1, 0.15) is 6.92 Å². The number of rotatable bonds is 3. The van der Waals surface area contributed by atoms with E-state index in [1.165, 1.54) is 12.1 Å². The van der Waals surface area contributed by atoms with Crippen LogP contribution < -0.4 is 4.90 Å². The largest absolute Gasteiger partial charge is 0.349 e. The van der Waals surface area contributed by atoms with Crippen molar-refractivity contribution < 1.29 is 4.39 Å². The first-order valence-corrected chi connectivity index (χ1v) is 8.83. The van der Waals surface area contributed by atoms with Crippen molar-refractivity contribution in [2.24, 2.45) is 0 Å². The summed E-state index contributed by atoms with van der Waals surface area (Å²) in [5.74, 6) is 0.697. The third-order valence-corrected chi connectivity index (χ3v) is 4.95. The van der Waals surface area contributed by atoms with Crippen LogP contribution in [0.25, 0.3) is 22.4 Å². The molecule has 1 aliphatic heterocycles. The third kappa shape index (κ3) is 3.08. The zero-order valence-electron chi connectivity index (χ0n) is 15.0. The van der Waals surface area contributed by atoms with Gasteiger partial charge in [0, 0.05) is 43.6 Å². The lowest BCUT2D eigenvalue weighted by atomic mass is 10.0. The fraction of sp³-hybridized carbons (Fsp3) is 0.300. The average Bonchev–Trinajstić information content (AvgIpc) is 3.08. The molecule has 3 heterocycles. The summed E-state index contributed by atoms with van der Waals surface area (Å²) >= 11 is 0. The number of pyridine rings is 1. The molecule has 0 bridgehead atoms. The Kier molecular flexibility index (Phi) is 4.42. The Labute approximate surface area is 152 Å². The maximum atomic E-state index is 13.4. The van der Waals surface area contributed by atoms with E-state index in [0.29, 0.717) is 6.04 Å². The van der Waals surface area contributed by atoms with E-state index in [1.54, 1.807) is 24.5 Å². The van der Waals surface area contributed by atoms with Crippen LogP contribution in [0.5, 0.6) is 0 Å². The van der Waals surface area contributed by atoms with Crippen LogP contribution in [-0.2, 0) is 0 Å². The Morgan fingerprint density at radius 3 is 2.46 bits per heavy atom. The highest BCUT2D eigenvalue weighted by molar-refractivity contribution is 5.89. The highest BCUT2D eigenvalue weighted by atomic mass is 19.1. The van der Waals surface area contributed by atoms with Crippen molar-refractivity contribution >= 4 is 5.82 Å². The Balaban J connectivity index is 1.83. The maximum absolute atomic E-state index is 13.4. The smallest absolute Gasteiger partial charge is 0.159 e. The molecule has 1 fully saturated rings. The molecule has 6 heteroatoms. The van der Waals surface area contributed by atoms with Gasteiger partial charge in [-0.25, -0.2) is 4.39 Å². The number of hydrogen-bond donors (Lipinski definition) is 1. The molecule has 1 unspecified atom stereocenters. The van der Waals surface area contributed by atoms with Crippen molar-refractivity contribution in [1.82, 2.24) is 20.1 Å². The number of nitrogens with zero attached hydrogens (tertiary/aromatic N) is 4. The second-order valence-electron chi connectivity index (χ2n) is 6.84. The molecule has 1 atom stereocenters. The molecule has 0 aliphatic carbocycles. The van der Waals surface area contributed by atoms with Gasteiger partial charge in [-0.3, -0.25) is 10.1 Å². The number of H-pyrrole nitrogens is 1. The van der Waals surface area contributed by atoms with Gasteiger partial charge in [0.1, 0.15) is 5.82 Å². The molecule has 1 aromatic carbocycles. The highest BCUT2D eigenvalue weighted by Crippen LogP contribution is 2.38. The summed E-state index contributed by atoms with van der Waals surface area (Å²) in [6.45, 7) is 5.13. The second-order valence-corrected chi connectivity index (χ2v) is 6.84. The number of halogens is 1. The number of likely N-dealkylation sites (N-methyl/N-ethyl adjacent to an activating group) is 1. The van der Waals surface area contributed by atoms with Crippen LogP contribution in [0.4, 0.5) is 10.2 Å². The molecule has 1 N–H and O–H groups in total. The Morgan fingerprint density at radius 1 is 1.04 bits per heavy atom. The molecule has 1 saturated heterocycles. The molecule has 0 amide bonds. The molecule has 0 spiro atoms. The lowest BCUT2D eigenvalue weighted by molar-refractivity contribution is 0.275. The molecule has 2 aromatic heterocycles. The zero-order valence-corrected chi connectivity index (χ0v) is 15.0. The normalized spacial score (nSPS) is 18.3. The quantitative estimate of drug-likeness (QED) is 0.785. The van der Waals surface area contributed by atoms with Gasteiger partial charge in [-0.05, 0) is 55.9 Å². The molecular weight excluding hydrogens is 329 g/mol. The minimum absolute atomic E-state index is 0.244. The highest BCUT2D eigenvalue weighted by Gasteiger charge is 2.28. The molecule has 0 saturated carbocycles. The predicted molar refractivity (Wildman–Crippen MR) is 102 cm³/mol. The number of aromatic nitrogens is 3. The van der Waals surface area contributed by atoms with Crippen LogP contribution >= 0.6 is 0 Å². The van der Waals surface area contributed by atoms with Gasteiger partial charge in [0.2, 0.25) is 0 Å². The summed E-state index contributed by atoms with van der Waals surface area (Å²) in [5.41, 5.74) is 3.90. The van der Waals surface area contributed by atoms with Gasteiger partial charge in [-0.2, -0.15) is 5.10 Å². The van der Waals surface area contributed by atoms with E-state index in [4.69, 9.17) is 0 Å². The van der Waals surface area contributed by atoms with Gasteiger partial charge in [0.25, 0.3) is 0 Å². The molecule has 1 aliphatic rings. The Hall–Kier alpha value is -2.73. The minimum Gasteiger partial charge on any atom is -0.349 e. The van der Waals surface area contributed by atoms with E-state index in [2.05, 4.69) is 39.0 Å². The lowest BCUT2D eigenvalue weighted by Gasteiger charge is -2.39. The molecule has 4 rings (SSSR count). The molecule has 5 nitrogen and oxygen atoms in total. The number of anilines is 1. The van der Waals surface area contributed by atoms with E-state index in [-0.39, 0.29) is 5.82 Å². The van der Waals surface area contributed by atoms with E-state index >= 15 is 0 Å². The summed E-state index contributed by atoms with van der Waals surface area (Å²) in [6, 6.07) is 10.9. The Bertz CT molecular complexity index is 875. The topological polar surface area (TPSA) is 48.0 Å². The summed E-state index contributed by atoms with van der Waals surface area (Å²) in [7, 11) is 2.14. The lowest BCUT2D eigenvalue weighted by Crippen LogP contribution is -2.50. The summed E-state index contributed by atoms with van der Waals surface area (Å²) in [4.78, 5) is 8.82. The second kappa shape index (κ2) is 6.88. The number of nitrogens with one attached hydrogen (secondary N) is 1. The van der Waals surface area contributed by atoms with Crippen molar-refractivity contribution in [1.29, 1.82) is 0 Å². The van der Waals surface area contributed by atoms with Crippen LogP contribution in [0.3, 0.4) is 0 Å². The van der Waals surface area contributed by atoms with Crippen LogP contribution in [-0.4, -0.2) is 52.8 Å². The van der Waals surface area contributed by atoms with Gasteiger partial charge in [-0.1, -0.05) is 0 Å². The first-order valence-electron chi connectivity index (χ1n) is 8.83. The van der Waals surface area contributed by atoms with Crippen molar-refractivity contribution in [3.8, 4) is 22.4 Å². The van der Waals surface area contributed by atoms with E-state index in [9.17, 15) is 4.39 Å². The van der Waals surface area contributed by atoms with Crippen molar-refractivity contribution in [3.63, 3.8) is 0 Å². The van der Waals surface area contributed by atoms with E-state index in [0.717, 1.165) is 47.8 Å². The fourth-order valence-corrected chi connectivity index (χ4v) is 3.61. The van der Waals surface area contributed by atoms with Crippen LogP contribution in [0, 0.1) is 5.82 Å². The van der Waals surface area contributed by atoms with Crippen molar-refractivity contribution in [2.75, 3.05) is 31.6 Å². The molecule has 134 valence electrons. The number of aromatic amines is 1. The fourth-order valence-electron chi connectivity index (χ4n) is 3.61. The van der Waals surface area contributed by atoms with E-state index < -0.39 is 0 Å². The van der Waals surface area contributed by atoms with Crippen molar-refractivity contribution in [3.05, 3.63) is 54.6 Å². The molecule has 0 radical (unpaired) electrons. The first kappa shape index (κ1) is 16.7. The van der Waals surface area contributed by atoms with Gasteiger partial charge < -0.3 is 9.80 Å². The molecule has 3 aromatic rings. The monoisotopic (exact) mass is 351 g/mol. The first-order chi connectivity index (χ1) is 12.6. The summed E-state index contributed by atoms with van der Waals surface area (Å²) in [5, 5.41) is 7.85. The van der Waals surface area contributed by atoms with E-state index in [1.807, 2.05) is 12.1 Å². The standard InChI is InChI=1S/C20H22FN5/c1-14-13-25(2)11-12-26(14)20-18(15-7-9-22-10-8-15)19(23-24-20)16-3-5-17(21)6-4-16/h3-10,14H,11-13H2,1-2H3,(H,23,24). The van der Waals surface area contributed by atoms with Gasteiger partial charge in [0.05, 0.1) is 11.3 Å². The zero-order chi connectivity index (χ0) is 18.1. The summed E-state index contributed by atoms with van der Waals surface area (Å²) < 4.78 is 13.4. The van der Waals surface area contributed by atoms with Gasteiger partial charge in [-0.15, -0.1) is 0 Å². The third-order valence-electron chi connectivity index (χ3n) is 4.95. The number of piperazine rings is 1. The summed E-state index contributed by atoms with van der Waals surface area (Å²) in [6.07, 6.45) is 3.57. The Morgan fingerprint density at radius 2 is 1.77 bits per heavy atom. The van der Waals surface area contributed by atoms with Crippen LogP contribution in [0.15, 0.2) is 48.8 Å².